The van der Waals surface area contributed by atoms with Crippen LogP contribution in [0, 0.1) is 5.82 Å². The first-order valence-corrected chi connectivity index (χ1v) is 4.80. The maximum absolute atomic E-state index is 13.8. The lowest BCUT2D eigenvalue weighted by Crippen LogP contribution is -2.17. The van der Waals surface area contributed by atoms with Crippen LogP contribution in [0.2, 0.25) is 0 Å². The molecule has 0 spiro atoms. The van der Waals surface area contributed by atoms with Crippen LogP contribution in [0.4, 0.5) is 4.39 Å². The molecule has 88 valence electrons. The van der Waals surface area contributed by atoms with Gasteiger partial charge in [0.25, 0.3) is 0 Å². The Morgan fingerprint density at radius 1 is 1.62 bits per heavy atom. The normalized spacial score (nSPS) is 12.4. The number of hydrogen-bond acceptors (Lipinski definition) is 3. The van der Waals surface area contributed by atoms with Gasteiger partial charge in [-0.05, 0) is 0 Å². The zero-order valence-corrected chi connectivity index (χ0v) is 8.94. The van der Waals surface area contributed by atoms with Gasteiger partial charge in [-0.25, -0.2) is 4.39 Å². The predicted octanol–water partition coefficient (Wildman–Crippen LogP) is 1.45. The SMILES string of the molecule is COCc1cccc(C(N)CC(=O)O)c1F. The Hall–Kier alpha value is -1.46. The highest BCUT2D eigenvalue weighted by Crippen LogP contribution is 2.21. The first-order chi connectivity index (χ1) is 7.56. The Morgan fingerprint density at radius 3 is 2.88 bits per heavy atom. The summed E-state index contributed by atoms with van der Waals surface area (Å²) in [5, 5.41) is 8.58. The van der Waals surface area contributed by atoms with Crippen LogP contribution >= 0.6 is 0 Å². The van der Waals surface area contributed by atoms with Crippen molar-refractivity contribution in [3.8, 4) is 0 Å². The number of carboxylic acid groups (broad SMARTS) is 1. The molecule has 3 N–H and O–H groups in total. The number of nitrogens with two attached hydrogens (primary N) is 1. The van der Waals surface area contributed by atoms with E-state index in [1.54, 1.807) is 12.1 Å². The molecule has 1 atom stereocenters. The minimum Gasteiger partial charge on any atom is -0.481 e. The molecule has 1 unspecified atom stereocenters. The highest BCUT2D eigenvalue weighted by Gasteiger charge is 2.16. The average molecular weight is 227 g/mol. The zero-order chi connectivity index (χ0) is 12.1. The summed E-state index contributed by atoms with van der Waals surface area (Å²) in [6.07, 6.45) is -0.298. The number of halogens is 1. The van der Waals surface area contributed by atoms with Crippen LogP contribution in [0.5, 0.6) is 0 Å². The van der Waals surface area contributed by atoms with E-state index in [1.165, 1.54) is 13.2 Å². The third-order valence-corrected chi connectivity index (χ3v) is 2.20. The van der Waals surface area contributed by atoms with Gasteiger partial charge in [0.1, 0.15) is 5.82 Å². The molecule has 1 aromatic rings. The van der Waals surface area contributed by atoms with Crippen molar-refractivity contribution in [1.29, 1.82) is 0 Å². The minimum absolute atomic E-state index is 0.138. The minimum atomic E-state index is -1.05. The van der Waals surface area contributed by atoms with Crippen molar-refractivity contribution in [2.24, 2.45) is 5.73 Å². The fourth-order valence-corrected chi connectivity index (χ4v) is 1.45. The molecule has 0 heterocycles. The molecule has 0 aromatic heterocycles. The molecule has 16 heavy (non-hydrogen) atoms. The van der Waals surface area contributed by atoms with Gasteiger partial charge in [-0.2, -0.15) is 0 Å². The second-order valence-electron chi connectivity index (χ2n) is 3.46. The van der Waals surface area contributed by atoms with E-state index in [4.69, 9.17) is 15.6 Å². The number of carbonyl (C=O) groups is 1. The van der Waals surface area contributed by atoms with E-state index >= 15 is 0 Å². The summed E-state index contributed by atoms with van der Waals surface area (Å²) >= 11 is 0. The summed E-state index contributed by atoms with van der Waals surface area (Å²) in [4.78, 5) is 10.5. The van der Waals surface area contributed by atoms with Crippen LogP contribution in [0.3, 0.4) is 0 Å². The van der Waals surface area contributed by atoms with Gasteiger partial charge in [0, 0.05) is 24.3 Å². The molecule has 0 aliphatic heterocycles. The zero-order valence-electron chi connectivity index (χ0n) is 8.94. The molecule has 0 radical (unpaired) electrons. The number of rotatable bonds is 5. The van der Waals surface area contributed by atoms with Crippen molar-refractivity contribution in [1.82, 2.24) is 0 Å². The molecule has 0 fully saturated rings. The first kappa shape index (κ1) is 12.6. The quantitative estimate of drug-likeness (QED) is 0.798. The number of methoxy groups -OCH3 is 1. The van der Waals surface area contributed by atoms with E-state index in [1.807, 2.05) is 0 Å². The van der Waals surface area contributed by atoms with Gasteiger partial charge in [0.05, 0.1) is 13.0 Å². The summed E-state index contributed by atoms with van der Waals surface area (Å²) in [5.41, 5.74) is 6.18. The van der Waals surface area contributed by atoms with Gasteiger partial charge < -0.3 is 15.6 Å². The largest absolute Gasteiger partial charge is 0.481 e. The number of benzene rings is 1. The fraction of sp³-hybridized carbons (Fsp3) is 0.364. The van der Waals surface area contributed by atoms with E-state index < -0.39 is 17.8 Å². The van der Waals surface area contributed by atoms with E-state index in [0.717, 1.165) is 0 Å². The van der Waals surface area contributed by atoms with Crippen molar-refractivity contribution in [2.75, 3.05) is 7.11 Å². The van der Waals surface area contributed by atoms with Crippen LogP contribution in [-0.4, -0.2) is 18.2 Å². The van der Waals surface area contributed by atoms with Gasteiger partial charge in [0.2, 0.25) is 0 Å². The molecule has 1 rings (SSSR count). The van der Waals surface area contributed by atoms with Gasteiger partial charge in [-0.1, -0.05) is 18.2 Å². The lowest BCUT2D eigenvalue weighted by Gasteiger charge is -2.12. The van der Waals surface area contributed by atoms with Crippen LogP contribution < -0.4 is 5.73 Å². The lowest BCUT2D eigenvalue weighted by atomic mass is 10.0. The Labute approximate surface area is 92.8 Å². The van der Waals surface area contributed by atoms with Crippen molar-refractivity contribution >= 4 is 5.97 Å². The molecule has 1 aromatic carbocycles. The van der Waals surface area contributed by atoms with Crippen molar-refractivity contribution in [2.45, 2.75) is 19.1 Å². The van der Waals surface area contributed by atoms with Crippen molar-refractivity contribution in [3.05, 3.63) is 35.1 Å². The highest BCUT2D eigenvalue weighted by atomic mass is 19.1. The van der Waals surface area contributed by atoms with Crippen LogP contribution in [0.15, 0.2) is 18.2 Å². The molecule has 0 saturated heterocycles. The second-order valence-corrected chi connectivity index (χ2v) is 3.46. The summed E-state index contributed by atoms with van der Waals surface area (Å²) in [5.74, 6) is -1.54. The Morgan fingerprint density at radius 2 is 2.31 bits per heavy atom. The Kier molecular flexibility index (Phi) is 4.39. The number of ether oxygens (including phenoxy) is 1. The van der Waals surface area contributed by atoms with Gasteiger partial charge in [-0.3, -0.25) is 4.79 Å². The smallest absolute Gasteiger partial charge is 0.305 e. The third-order valence-electron chi connectivity index (χ3n) is 2.20. The Balaban J connectivity index is 2.95. The topological polar surface area (TPSA) is 72.5 Å². The highest BCUT2D eigenvalue weighted by molar-refractivity contribution is 5.67. The van der Waals surface area contributed by atoms with E-state index in [0.29, 0.717) is 5.56 Å². The number of aliphatic carboxylic acids is 1. The monoisotopic (exact) mass is 227 g/mol. The number of carboxylic acids is 1. The molecule has 0 aliphatic rings. The summed E-state index contributed by atoms with van der Waals surface area (Å²) < 4.78 is 18.6. The maximum Gasteiger partial charge on any atom is 0.305 e. The average Bonchev–Trinajstić information content (AvgIpc) is 2.20. The summed E-state index contributed by atoms with van der Waals surface area (Å²) in [6.45, 7) is 0.138. The van der Waals surface area contributed by atoms with Crippen LogP contribution in [0.25, 0.3) is 0 Å². The molecule has 0 aliphatic carbocycles. The lowest BCUT2D eigenvalue weighted by molar-refractivity contribution is -0.137. The van der Waals surface area contributed by atoms with E-state index in [9.17, 15) is 9.18 Å². The van der Waals surface area contributed by atoms with Crippen LogP contribution in [-0.2, 0) is 16.1 Å². The van der Waals surface area contributed by atoms with E-state index in [2.05, 4.69) is 0 Å². The molecule has 0 amide bonds. The maximum atomic E-state index is 13.8. The van der Waals surface area contributed by atoms with Crippen molar-refractivity contribution < 1.29 is 19.0 Å². The molecule has 0 bridgehead atoms. The second kappa shape index (κ2) is 5.58. The number of hydrogen-bond donors (Lipinski definition) is 2. The molecular formula is C11H14FNO3. The molecular weight excluding hydrogens is 213 g/mol. The standard InChI is InChI=1S/C11H14FNO3/c1-16-6-7-3-2-4-8(11(7)12)9(13)5-10(14)15/h2-4,9H,5-6,13H2,1H3,(H,14,15). The van der Waals surface area contributed by atoms with Crippen molar-refractivity contribution in [3.63, 3.8) is 0 Å². The van der Waals surface area contributed by atoms with Gasteiger partial charge in [-0.15, -0.1) is 0 Å². The first-order valence-electron chi connectivity index (χ1n) is 4.80. The van der Waals surface area contributed by atoms with Gasteiger partial charge >= 0.3 is 5.97 Å². The van der Waals surface area contributed by atoms with Gasteiger partial charge in [0.15, 0.2) is 0 Å². The van der Waals surface area contributed by atoms with E-state index in [-0.39, 0.29) is 18.6 Å². The Bertz CT molecular complexity index is 381. The third kappa shape index (κ3) is 3.01. The molecule has 5 heteroatoms. The fourth-order valence-electron chi connectivity index (χ4n) is 1.45. The summed E-state index contributed by atoms with van der Waals surface area (Å²) in [6, 6.07) is 3.86. The molecule has 0 saturated carbocycles. The molecule has 4 nitrogen and oxygen atoms in total. The predicted molar refractivity (Wildman–Crippen MR) is 56.3 cm³/mol. The van der Waals surface area contributed by atoms with Crippen LogP contribution in [0.1, 0.15) is 23.6 Å². The summed E-state index contributed by atoms with van der Waals surface area (Å²) in [7, 11) is 1.46.